The first kappa shape index (κ1) is 20.7. The molecule has 154 valence electrons. The average Bonchev–Trinajstić information content (AvgIpc) is 2.73. The van der Waals surface area contributed by atoms with E-state index in [9.17, 15) is 9.59 Å². The smallest absolute Gasteiger partial charge is 0.341 e. The third kappa shape index (κ3) is 6.22. The normalized spacial score (nSPS) is 14.2. The number of aliphatic carboxylic acids is 1. The number of anilines is 1. The summed E-state index contributed by atoms with van der Waals surface area (Å²) in [5, 5.41) is 11.5. The zero-order chi connectivity index (χ0) is 20.6. The van der Waals surface area contributed by atoms with Crippen LogP contribution >= 0.6 is 0 Å². The molecule has 7 heteroatoms. The highest BCUT2D eigenvalue weighted by Crippen LogP contribution is 2.25. The molecule has 0 aromatic heterocycles. The minimum Gasteiger partial charge on any atom is -0.493 e. The molecule has 3 rings (SSSR count). The Kier molecular flexibility index (Phi) is 7.08. The highest BCUT2D eigenvalue weighted by atomic mass is 16.5. The number of aryl methyl sites for hydroxylation is 1. The number of nitrogens with one attached hydrogen (secondary N) is 1. The van der Waals surface area contributed by atoms with Gasteiger partial charge in [-0.05, 0) is 55.5 Å². The van der Waals surface area contributed by atoms with Crippen LogP contribution in [0.3, 0.4) is 0 Å². The SMILES string of the molecule is Cc1ccc(NC(=O)c2cccc(OCC(=O)O)c2)cc1OCC1CCOCC1. The van der Waals surface area contributed by atoms with E-state index in [2.05, 4.69) is 5.32 Å². The summed E-state index contributed by atoms with van der Waals surface area (Å²) < 4.78 is 16.5. The van der Waals surface area contributed by atoms with E-state index < -0.39 is 12.6 Å². The van der Waals surface area contributed by atoms with Gasteiger partial charge >= 0.3 is 5.97 Å². The Labute approximate surface area is 169 Å². The van der Waals surface area contributed by atoms with Crippen LogP contribution in [-0.4, -0.2) is 43.4 Å². The summed E-state index contributed by atoms with van der Waals surface area (Å²) in [6, 6.07) is 11.9. The maximum atomic E-state index is 12.6. The lowest BCUT2D eigenvalue weighted by Crippen LogP contribution is -2.21. The zero-order valence-electron chi connectivity index (χ0n) is 16.3. The fraction of sp³-hybridized carbons (Fsp3) is 0.364. The van der Waals surface area contributed by atoms with Gasteiger partial charge in [0.05, 0.1) is 6.61 Å². The van der Waals surface area contributed by atoms with Crippen molar-refractivity contribution in [2.45, 2.75) is 19.8 Å². The van der Waals surface area contributed by atoms with Crippen molar-refractivity contribution in [2.75, 3.05) is 31.7 Å². The lowest BCUT2D eigenvalue weighted by atomic mass is 10.0. The molecule has 1 amide bonds. The second-order valence-corrected chi connectivity index (χ2v) is 7.01. The van der Waals surface area contributed by atoms with Crippen LogP contribution in [-0.2, 0) is 9.53 Å². The van der Waals surface area contributed by atoms with E-state index in [1.54, 1.807) is 18.2 Å². The summed E-state index contributed by atoms with van der Waals surface area (Å²) in [4.78, 5) is 23.2. The van der Waals surface area contributed by atoms with Gasteiger partial charge in [-0.3, -0.25) is 4.79 Å². The average molecular weight is 399 g/mol. The molecule has 2 aromatic rings. The molecule has 0 saturated carbocycles. The third-order valence-electron chi connectivity index (χ3n) is 4.72. The molecule has 7 nitrogen and oxygen atoms in total. The van der Waals surface area contributed by atoms with Gasteiger partial charge in [0.25, 0.3) is 5.91 Å². The Morgan fingerprint density at radius 2 is 1.93 bits per heavy atom. The summed E-state index contributed by atoms with van der Waals surface area (Å²) in [6.07, 6.45) is 1.99. The molecule has 1 heterocycles. The number of carboxylic acids is 1. The molecule has 0 atom stereocenters. The maximum absolute atomic E-state index is 12.6. The van der Waals surface area contributed by atoms with Crippen LogP contribution in [0.1, 0.15) is 28.8 Å². The number of benzene rings is 2. The predicted molar refractivity (Wildman–Crippen MR) is 108 cm³/mol. The first-order valence-electron chi connectivity index (χ1n) is 9.58. The minimum atomic E-state index is -1.08. The highest BCUT2D eigenvalue weighted by Gasteiger charge is 2.15. The minimum absolute atomic E-state index is 0.315. The lowest BCUT2D eigenvalue weighted by Gasteiger charge is -2.22. The van der Waals surface area contributed by atoms with Crippen molar-refractivity contribution in [2.24, 2.45) is 5.92 Å². The maximum Gasteiger partial charge on any atom is 0.341 e. The van der Waals surface area contributed by atoms with E-state index >= 15 is 0 Å². The van der Waals surface area contributed by atoms with Crippen molar-refractivity contribution in [1.82, 2.24) is 0 Å². The van der Waals surface area contributed by atoms with Crippen molar-refractivity contribution < 1.29 is 28.9 Å². The fourth-order valence-corrected chi connectivity index (χ4v) is 3.03. The molecule has 0 radical (unpaired) electrons. The van der Waals surface area contributed by atoms with Gasteiger partial charge in [-0.1, -0.05) is 12.1 Å². The molecule has 0 bridgehead atoms. The van der Waals surface area contributed by atoms with E-state index in [-0.39, 0.29) is 5.91 Å². The summed E-state index contributed by atoms with van der Waals surface area (Å²) in [6.45, 7) is 3.69. The van der Waals surface area contributed by atoms with E-state index in [1.807, 2.05) is 25.1 Å². The van der Waals surface area contributed by atoms with Crippen LogP contribution in [0.25, 0.3) is 0 Å². The Balaban J connectivity index is 1.62. The van der Waals surface area contributed by atoms with Gasteiger partial charge in [-0.15, -0.1) is 0 Å². The van der Waals surface area contributed by atoms with Crippen molar-refractivity contribution in [1.29, 1.82) is 0 Å². The summed E-state index contributed by atoms with van der Waals surface area (Å²) in [5.74, 6) is 0.157. The van der Waals surface area contributed by atoms with Crippen molar-refractivity contribution >= 4 is 17.6 Å². The highest BCUT2D eigenvalue weighted by molar-refractivity contribution is 6.04. The Bertz CT molecular complexity index is 860. The molecule has 1 fully saturated rings. The predicted octanol–water partition coefficient (Wildman–Crippen LogP) is 3.52. The van der Waals surface area contributed by atoms with Gasteiger partial charge < -0.3 is 24.6 Å². The van der Waals surface area contributed by atoms with Gasteiger partial charge in [-0.2, -0.15) is 0 Å². The molecule has 1 saturated heterocycles. The number of rotatable bonds is 8. The van der Waals surface area contributed by atoms with E-state index in [4.69, 9.17) is 19.3 Å². The molecule has 2 N–H and O–H groups in total. The molecule has 2 aromatic carbocycles. The van der Waals surface area contributed by atoms with Gasteiger partial charge in [-0.25, -0.2) is 4.79 Å². The van der Waals surface area contributed by atoms with Crippen LogP contribution in [0.5, 0.6) is 11.5 Å². The van der Waals surface area contributed by atoms with Gasteiger partial charge in [0.1, 0.15) is 11.5 Å². The number of carbonyl (C=O) groups excluding carboxylic acids is 1. The van der Waals surface area contributed by atoms with Crippen molar-refractivity contribution in [3.05, 3.63) is 53.6 Å². The Morgan fingerprint density at radius 3 is 2.69 bits per heavy atom. The standard InChI is InChI=1S/C22H25NO6/c1-15-5-6-18(12-20(15)29-13-16-7-9-27-10-8-16)23-22(26)17-3-2-4-19(11-17)28-14-21(24)25/h2-6,11-12,16H,7-10,13-14H2,1H3,(H,23,26)(H,24,25). The molecular formula is C22H25NO6. The van der Waals surface area contributed by atoms with Crippen LogP contribution in [0.4, 0.5) is 5.69 Å². The number of carbonyl (C=O) groups is 2. The van der Waals surface area contributed by atoms with Crippen LogP contribution in [0.15, 0.2) is 42.5 Å². The summed E-state index contributed by atoms with van der Waals surface area (Å²) >= 11 is 0. The van der Waals surface area contributed by atoms with Crippen molar-refractivity contribution in [3.8, 4) is 11.5 Å². The molecule has 1 aliphatic heterocycles. The van der Waals surface area contributed by atoms with E-state index in [1.165, 1.54) is 6.07 Å². The lowest BCUT2D eigenvalue weighted by molar-refractivity contribution is -0.139. The summed E-state index contributed by atoms with van der Waals surface area (Å²) in [7, 11) is 0. The van der Waals surface area contributed by atoms with Gasteiger partial charge in [0.15, 0.2) is 6.61 Å². The van der Waals surface area contributed by atoms with Crippen LogP contribution < -0.4 is 14.8 Å². The quantitative estimate of drug-likeness (QED) is 0.705. The molecular weight excluding hydrogens is 374 g/mol. The van der Waals surface area contributed by atoms with E-state index in [0.717, 1.165) is 37.4 Å². The number of amides is 1. The number of ether oxygens (including phenoxy) is 3. The number of carboxylic acid groups (broad SMARTS) is 1. The number of hydrogen-bond donors (Lipinski definition) is 2. The van der Waals surface area contributed by atoms with Crippen LogP contribution in [0.2, 0.25) is 0 Å². The second-order valence-electron chi connectivity index (χ2n) is 7.01. The largest absolute Gasteiger partial charge is 0.493 e. The molecule has 1 aliphatic rings. The molecule has 0 spiro atoms. The first-order chi connectivity index (χ1) is 14.0. The van der Waals surface area contributed by atoms with Gasteiger partial charge in [0.2, 0.25) is 0 Å². The van der Waals surface area contributed by atoms with Crippen molar-refractivity contribution in [3.63, 3.8) is 0 Å². The summed E-state index contributed by atoms with van der Waals surface area (Å²) in [5.41, 5.74) is 2.00. The second kappa shape index (κ2) is 9.93. The molecule has 0 aliphatic carbocycles. The van der Waals surface area contributed by atoms with Gasteiger partial charge in [0, 0.05) is 30.5 Å². The Hall–Kier alpha value is -3.06. The van der Waals surface area contributed by atoms with E-state index in [0.29, 0.717) is 29.5 Å². The first-order valence-corrected chi connectivity index (χ1v) is 9.58. The topological polar surface area (TPSA) is 94.1 Å². The number of hydrogen-bond acceptors (Lipinski definition) is 5. The fourth-order valence-electron chi connectivity index (χ4n) is 3.03. The van der Waals surface area contributed by atoms with Crippen LogP contribution in [0, 0.1) is 12.8 Å². The third-order valence-corrected chi connectivity index (χ3v) is 4.72. The Morgan fingerprint density at radius 1 is 1.14 bits per heavy atom. The molecule has 29 heavy (non-hydrogen) atoms. The monoisotopic (exact) mass is 399 g/mol. The zero-order valence-corrected chi connectivity index (χ0v) is 16.3. The molecule has 0 unspecified atom stereocenters.